The summed E-state index contributed by atoms with van der Waals surface area (Å²) in [6, 6.07) is -0.350. The van der Waals surface area contributed by atoms with Gasteiger partial charge in [0.1, 0.15) is 0 Å². The number of hydrogen-bond donors (Lipinski definition) is 5. The van der Waals surface area contributed by atoms with Crippen LogP contribution in [0.5, 0.6) is 0 Å². The fraction of sp³-hybridized carbons (Fsp3) is 0.857. The predicted octanol–water partition coefficient (Wildman–Crippen LogP) is -0.0117. The van der Waals surface area contributed by atoms with Crippen LogP contribution in [0.2, 0.25) is 0 Å². The monoisotopic (exact) mass is 331 g/mol. The summed E-state index contributed by atoms with van der Waals surface area (Å²) < 4.78 is 10.00. The highest BCUT2D eigenvalue weighted by Crippen LogP contribution is 2.46. The van der Waals surface area contributed by atoms with E-state index in [1.54, 1.807) is 0 Å². The normalized spacial score (nSPS) is 32.6. The Morgan fingerprint density at radius 2 is 1.78 bits per heavy atom. The summed E-state index contributed by atoms with van der Waals surface area (Å²) in [4.78, 5) is 23.0. The Morgan fingerprint density at radius 1 is 1.17 bits per heavy atom. The number of carboxylic acid groups (broad SMARTS) is 1. The average Bonchev–Trinajstić information content (AvgIpc) is 2.49. The molecule has 0 saturated heterocycles. The minimum Gasteiger partial charge on any atom is -0.465 e. The maximum Gasteiger partial charge on any atom is 0.405 e. The van der Waals surface area contributed by atoms with Crippen molar-refractivity contribution in [3.63, 3.8) is 0 Å². The van der Waals surface area contributed by atoms with E-state index in [2.05, 4.69) is 16.0 Å². The molecule has 0 aliphatic heterocycles. The highest BCUT2D eigenvalue weighted by atomic mass is 16.7. The lowest BCUT2D eigenvalue weighted by atomic mass is 9.60. The largest absolute Gasteiger partial charge is 0.465 e. The van der Waals surface area contributed by atoms with Crippen molar-refractivity contribution < 1.29 is 29.3 Å². The van der Waals surface area contributed by atoms with Crippen LogP contribution in [0.15, 0.2) is 0 Å². The van der Waals surface area contributed by atoms with E-state index < -0.39 is 29.6 Å². The van der Waals surface area contributed by atoms with Gasteiger partial charge in [-0.25, -0.2) is 9.59 Å². The van der Waals surface area contributed by atoms with Crippen LogP contribution in [-0.2, 0) is 9.47 Å². The molecule has 3 aliphatic rings. The van der Waals surface area contributed by atoms with E-state index in [0.29, 0.717) is 32.1 Å². The second-order valence-electron chi connectivity index (χ2n) is 6.32. The molecule has 9 nitrogen and oxygen atoms in total. The van der Waals surface area contributed by atoms with Crippen LogP contribution in [0, 0.1) is 0 Å². The Balaban J connectivity index is 1.90. The molecule has 3 aliphatic carbocycles. The van der Waals surface area contributed by atoms with Gasteiger partial charge in [-0.15, -0.1) is 0 Å². The van der Waals surface area contributed by atoms with Crippen LogP contribution < -0.4 is 16.0 Å². The highest BCUT2D eigenvalue weighted by Gasteiger charge is 2.55. The van der Waals surface area contributed by atoms with E-state index in [1.807, 2.05) is 0 Å². The number of carbonyl (C=O) groups excluding carboxylic acids is 1. The predicted molar refractivity (Wildman–Crippen MR) is 80.1 cm³/mol. The van der Waals surface area contributed by atoms with Crippen molar-refractivity contribution >= 4 is 12.1 Å². The first kappa shape index (κ1) is 17.8. The molecule has 0 aromatic rings. The van der Waals surface area contributed by atoms with Crippen LogP contribution in [0.4, 0.5) is 9.59 Å². The molecule has 5 N–H and O–H groups in total. The quantitative estimate of drug-likeness (QED) is 0.435. The van der Waals surface area contributed by atoms with Crippen LogP contribution >= 0.6 is 0 Å². The van der Waals surface area contributed by atoms with Gasteiger partial charge in [-0.1, -0.05) is 0 Å². The molecule has 0 radical (unpaired) electrons. The van der Waals surface area contributed by atoms with Gasteiger partial charge in [-0.2, -0.15) is 0 Å². The maximum atomic E-state index is 12.1. The van der Waals surface area contributed by atoms with E-state index in [-0.39, 0.29) is 12.6 Å². The molecule has 23 heavy (non-hydrogen) atoms. The van der Waals surface area contributed by atoms with Gasteiger partial charge in [0.25, 0.3) is 0 Å². The first-order valence-corrected chi connectivity index (χ1v) is 7.65. The van der Waals surface area contributed by atoms with E-state index in [0.717, 1.165) is 0 Å². The number of carbonyl (C=O) groups is 2. The van der Waals surface area contributed by atoms with Crippen molar-refractivity contribution in [2.24, 2.45) is 0 Å². The second kappa shape index (κ2) is 6.90. The molecule has 3 rings (SSSR count). The van der Waals surface area contributed by atoms with Gasteiger partial charge in [0.2, 0.25) is 0 Å². The molecule has 0 aromatic heterocycles. The Bertz CT molecular complexity index is 446. The Labute approximate surface area is 134 Å². The second-order valence-corrected chi connectivity index (χ2v) is 6.32. The Hall–Kier alpha value is -1.58. The zero-order valence-electron chi connectivity index (χ0n) is 13.4. The number of aliphatic hydroxyl groups excluding tert-OH is 1. The molecular formula is C14H25N3O6. The molecular weight excluding hydrogens is 306 g/mol. The van der Waals surface area contributed by atoms with Gasteiger partial charge in [0.05, 0.1) is 18.2 Å². The number of ether oxygens (including phenoxy) is 2. The molecule has 0 heterocycles. The van der Waals surface area contributed by atoms with Crippen LogP contribution in [0.3, 0.4) is 0 Å². The van der Waals surface area contributed by atoms with Crippen LogP contribution in [0.25, 0.3) is 0 Å². The minimum absolute atomic E-state index is 0.210. The standard InChI is InChI=1S/C14H25N3O6/c1-22-10(23-2)8-15-11(19)16-13-3-5-14(6-4-13,9(18)7-13)17-12(20)21/h9-10,17-18H,3-8H2,1-2H3,(H,20,21)(H2,15,16,19). The molecule has 2 bridgehead atoms. The summed E-state index contributed by atoms with van der Waals surface area (Å²) in [5.74, 6) is 0. The number of fused-ring (bicyclic) bond motifs is 3. The summed E-state index contributed by atoms with van der Waals surface area (Å²) in [7, 11) is 2.97. The third-order valence-electron chi connectivity index (χ3n) is 5.01. The molecule has 132 valence electrons. The van der Waals surface area contributed by atoms with Crippen molar-refractivity contribution in [3.05, 3.63) is 0 Å². The number of urea groups is 1. The van der Waals surface area contributed by atoms with E-state index in [9.17, 15) is 14.7 Å². The molecule has 3 fully saturated rings. The van der Waals surface area contributed by atoms with Crippen molar-refractivity contribution in [1.82, 2.24) is 16.0 Å². The lowest BCUT2D eigenvalue weighted by molar-refractivity contribution is -0.0975. The maximum absolute atomic E-state index is 12.1. The number of aliphatic hydroxyl groups is 1. The number of rotatable bonds is 6. The van der Waals surface area contributed by atoms with Crippen molar-refractivity contribution in [1.29, 1.82) is 0 Å². The molecule has 3 saturated carbocycles. The summed E-state index contributed by atoms with van der Waals surface area (Å²) in [5, 5.41) is 27.3. The summed E-state index contributed by atoms with van der Waals surface area (Å²) in [6.45, 7) is 0.210. The number of methoxy groups -OCH3 is 2. The lowest BCUT2D eigenvalue weighted by Gasteiger charge is -2.55. The lowest BCUT2D eigenvalue weighted by Crippen LogP contribution is -2.70. The number of hydrogen-bond acceptors (Lipinski definition) is 5. The fourth-order valence-electron chi connectivity index (χ4n) is 3.60. The SMILES string of the molecule is COC(CNC(=O)NC12CCC(NC(=O)O)(CC1)C(O)C2)OC. The van der Waals surface area contributed by atoms with Gasteiger partial charge < -0.3 is 35.6 Å². The minimum atomic E-state index is -1.13. The zero-order valence-corrected chi connectivity index (χ0v) is 13.4. The first-order valence-electron chi connectivity index (χ1n) is 7.65. The molecule has 1 atom stereocenters. The van der Waals surface area contributed by atoms with Gasteiger partial charge in [0, 0.05) is 19.8 Å². The Morgan fingerprint density at radius 3 is 2.26 bits per heavy atom. The fourth-order valence-corrected chi connectivity index (χ4v) is 3.60. The molecule has 1 unspecified atom stereocenters. The van der Waals surface area contributed by atoms with Gasteiger partial charge in [0.15, 0.2) is 6.29 Å². The van der Waals surface area contributed by atoms with Crippen LogP contribution in [0.1, 0.15) is 32.1 Å². The van der Waals surface area contributed by atoms with Crippen molar-refractivity contribution in [2.45, 2.75) is 55.6 Å². The number of amides is 3. The molecule has 3 amide bonds. The topological polar surface area (TPSA) is 129 Å². The summed E-state index contributed by atoms with van der Waals surface area (Å²) in [6.07, 6.45) is 0.110. The van der Waals surface area contributed by atoms with E-state index in [1.165, 1.54) is 14.2 Å². The van der Waals surface area contributed by atoms with Crippen molar-refractivity contribution in [2.75, 3.05) is 20.8 Å². The summed E-state index contributed by atoms with van der Waals surface area (Å²) in [5.41, 5.74) is -1.29. The van der Waals surface area contributed by atoms with Gasteiger partial charge in [-0.05, 0) is 32.1 Å². The summed E-state index contributed by atoms with van der Waals surface area (Å²) >= 11 is 0. The Kier molecular flexibility index (Phi) is 5.33. The highest BCUT2D eigenvalue weighted by molar-refractivity contribution is 5.75. The van der Waals surface area contributed by atoms with E-state index >= 15 is 0 Å². The molecule has 0 spiro atoms. The van der Waals surface area contributed by atoms with E-state index in [4.69, 9.17) is 14.6 Å². The molecule has 0 aromatic carbocycles. The number of nitrogens with one attached hydrogen (secondary N) is 3. The first-order chi connectivity index (χ1) is 10.8. The smallest absolute Gasteiger partial charge is 0.405 e. The third kappa shape index (κ3) is 3.85. The van der Waals surface area contributed by atoms with Gasteiger partial charge >= 0.3 is 12.1 Å². The average molecular weight is 331 g/mol. The molecule has 9 heteroatoms. The van der Waals surface area contributed by atoms with Crippen molar-refractivity contribution in [3.8, 4) is 0 Å². The van der Waals surface area contributed by atoms with Crippen LogP contribution in [-0.4, -0.2) is 66.6 Å². The van der Waals surface area contributed by atoms with Gasteiger partial charge in [-0.3, -0.25) is 0 Å². The zero-order chi connectivity index (χ0) is 17.1. The third-order valence-corrected chi connectivity index (χ3v) is 5.01.